The van der Waals surface area contributed by atoms with E-state index in [4.69, 9.17) is 0 Å². The number of nitrogens with zero attached hydrogens (tertiary/aromatic N) is 1. The molecule has 0 spiro atoms. The van der Waals surface area contributed by atoms with Gasteiger partial charge in [-0.3, -0.25) is 0 Å². The quantitative estimate of drug-likeness (QED) is 0.573. The van der Waals surface area contributed by atoms with Crippen LogP contribution in [0.5, 0.6) is 0 Å². The number of fused-ring (bicyclic) bond motifs is 1. The Morgan fingerprint density at radius 2 is 1.48 bits per heavy atom. The minimum absolute atomic E-state index is 0.620. The van der Waals surface area contributed by atoms with Crippen molar-refractivity contribution in [2.75, 3.05) is 5.32 Å². The number of nitrogens with one attached hydrogen (secondary N) is 1. The molecule has 0 atom stereocenters. The van der Waals surface area contributed by atoms with Gasteiger partial charge in [0, 0.05) is 14.6 Å². The molecule has 0 aromatic heterocycles. The predicted octanol–water partition coefficient (Wildman–Crippen LogP) is 5.98. The summed E-state index contributed by atoms with van der Waals surface area (Å²) >= 11 is 6.91. The highest BCUT2D eigenvalue weighted by molar-refractivity contribution is 9.10. The maximum absolute atomic E-state index is 9.18. The molecule has 0 bridgehead atoms. The summed E-state index contributed by atoms with van der Waals surface area (Å²) < 4.78 is 2.00. The van der Waals surface area contributed by atoms with Crippen LogP contribution in [0.2, 0.25) is 0 Å². The standard InChI is InChI=1S/C17H10Br2N2/c18-14-4-1-12-8-16(6-3-11(12)7-14)21-17-9-15(19)5-2-13(17)10-20/h1-9,21H. The molecule has 0 heterocycles. The topological polar surface area (TPSA) is 35.8 Å². The van der Waals surface area contributed by atoms with E-state index in [1.165, 1.54) is 5.39 Å². The summed E-state index contributed by atoms with van der Waals surface area (Å²) in [5.41, 5.74) is 2.37. The summed E-state index contributed by atoms with van der Waals surface area (Å²) in [7, 11) is 0. The number of benzene rings is 3. The van der Waals surface area contributed by atoms with E-state index in [1.54, 1.807) is 6.07 Å². The molecule has 3 aromatic rings. The van der Waals surface area contributed by atoms with Crippen LogP contribution in [-0.4, -0.2) is 0 Å². The Morgan fingerprint density at radius 1 is 0.810 bits per heavy atom. The van der Waals surface area contributed by atoms with Crippen LogP contribution in [-0.2, 0) is 0 Å². The Morgan fingerprint density at radius 3 is 2.29 bits per heavy atom. The van der Waals surface area contributed by atoms with E-state index >= 15 is 0 Å². The summed E-state index contributed by atoms with van der Waals surface area (Å²) in [4.78, 5) is 0. The summed E-state index contributed by atoms with van der Waals surface area (Å²) in [6.07, 6.45) is 0. The number of hydrogen-bond donors (Lipinski definition) is 1. The summed E-state index contributed by atoms with van der Waals surface area (Å²) in [6, 6.07) is 20.1. The number of nitriles is 1. The zero-order chi connectivity index (χ0) is 14.8. The van der Waals surface area contributed by atoms with Crippen molar-refractivity contribution in [3.63, 3.8) is 0 Å². The van der Waals surface area contributed by atoms with Crippen molar-refractivity contribution in [2.45, 2.75) is 0 Å². The van der Waals surface area contributed by atoms with Crippen molar-refractivity contribution >= 4 is 54.0 Å². The summed E-state index contributed by atoms with van der Waals surface area (Å²) in [5.74, 6) is 0. The smallest absolute Gasteiger partial charge is 0.101 e. The van der Waals surface area contributed by atoms with Crippen molar-refractivity contribution in [1.82, 2.24) is 0 Å². The van der Waals surface area contributed by atoms with Gasteiger partial charge < -0.3 is 5.32 Å². The van der Waals surface area contributed by atoms with Crippen LogP contribution in [0.3, 0.4) is 0 Å². The molecular weight excluding hydrogens is 392 g/mol. The van der Waals surface area contributed by atoms with Crippen LogP contribution in [0.4, 0.5) is 11.4 Å². The first kappa shape index (κ1) is 14.1. The highest BCUT2D eigenvalue weighted by Crippen LogP contribution is 2.27. The Bertz CT molecular complexity index is 866. The third kappa shape index (κ3) is 3.10. The van der Waals surface area contributed by atoms with Gasteiger partial charge in [-0.2, -0.15) is 5.26 Å². The monoisotopic (exact) mass is 400 g/mol. The van der Waals surface area contributed by atoms with Crippen molar-refractivity contribution in [3.05, 3.63) is 69.1 Å². The lowest BCUT2D eigenvalue weighted by molar-refractivity contribution is 1.45. The van der Waals surface area contributed by atoms with Gasteiger partial charge in [0.15, 0.2) is 0 Å². The molecule has 0 fully saturated rings. The van der Waals surface area contributed by atoms with Crippen molar-refractivity contribution in [1.29, 1.82) is 5.26 Å². The number of hydrogen-bond acceptors (Lipinski definition) is 2. The molecule has 3 rings (SSSR count). The van der Waals surface area contributed by atoms with Gasteiger partial charge >= 0.3 is 0 Å². The van der Waals surface area contributed by atoms with Crippen LogP contribution < -0.4 is 5.32 Å². The molecule has 0 amide bonds. The molecule has 4 heteroatoms. The minimum Gasteiger partial charge on any atom is -0.354 e. The van der Waals surface area contributed by atoms with E-state index in [9.17, 15) is 5.26 Å². The number of anilines is 2. The summed E-state index contributed by atoms with van der Waals surface area (Å²) in [5, 5.41) is 14.8. The lowest BCUT2D eigenvalue weighted by Crippen LogP contribution is -1.93. The zero-order valence-corrected chi connectivity index (χ0v) is 14.1. The van der Waals surface area contributed by atoms with Gasteiger partial charge in [-0.1, -0.05) is 44.0 Å². The van der Waals surface area contributed by atoms with E-state index in [1.807, 2.05) is 24.3 Å². The van der Waals surface area contributed by atoms with Crippen molar-refractivity contribution in [2.24, 2.45) is 0 Å². The zero-order valence-electron chi connectivity index (χ0n) is 10.9. The van der Waals surface area contributed by atoms with Crippen LogP contribution >= 0.6 is 31.9 Å². The molecule has 21 heavy (non-hydrogen) atoms. The second-order valence-corrected chi connectivity index (χ2v) is 6.46. The average molecular weight is 402 g/mol. The fourth-order valence-corrected chi connectivity index (χ4v) is 2.91. The van der Waals surface area contributed by atoms with Crippen LogP contribution in [0.25, 0.3) is 10.8 Å². The SMILES string of the molecule is N#Cc1ccc(Br)cc1Nc1ccc2cc(Br)ccc2c1. The van der Waals surface area contributed by atoms with E-state index in [0.717, 1.165) is 25.7 Å². The predicted molar refractivity (Wildman–Crippen MR) is 93.8 cm³/mol. The molecule has 3 aromatic carbocycles. The van der Waals surface area contributed by atoms with Crippen LogP contribution in [0.1, 0.15) is 5.56 Å². The van der Waals surface area contributed by atoms with Gasteiger partial charge in [-0.25, -0.2) is 0 Å². The van der Waals surface area contributed by atoms with E-state index in [2.05, 4.69) is 67.5 Å². The van der Waals surface area contributed by atoms with E-state index < -0.39 is 0 Å². The van der Waals surface area contributed by atoms with Crippen molar-refractivity contribution < 1.29 is 0 Å². The molecule has 102 valence electrons. The third-order valence-electron chi connectivity index (χ3n) is 3.18. The van der Waals surface area contributed by atoms with Crippen molar-refractivity contribution in [3.8, 4) is 6.07 Å². The first-order valence-electron chi connectivity index (χ1n) is 6.32. The summed E-state index contributed by atoms with van der Waals surface area (Å²) in [6.45, 7) is 0. The highest BCUT2D eigenvalue weighted by Gasteiger charge is 2.04. The molecule has 1 N–H and O–H groups in total. The van der Waals surface area contributed by atoms with Gasteiger partial charge in [0.05, 0.1) is 11.3 Å². The first-order valence-corrected chi connectivity index (χ1v) is 7.90. The van der Waals surface area contributed by atoms with Gasteiger partial charge in [-0.15, -0.1) is 0 Å². The fourth-order valence-electron chi connectivity index (χ4n) is 2.17. The Kier molecular flexibility index (Phi) is 3.96. The molecule has 0 saturated carbocycles. The first-order chi connectivity index (χ1) is 10.2. The second kappa shape index (κ2) is 5.88. The van der Waals surface area contributed by atoms with Gasteiger partial charge in [0.25, 0.3) is 0 Å². The van der Waals surface area contributed by atoms with Crippen LogP contribution in [0, 0.1) is 11.3 Å². The highest BCUT2D eigenvalue weighted by atomic mass is 79.9. The molecule has 0 aliphatic heterocycles. The maximum atomic E-state index is 9.18. The van der Waals surface area contributed by atoms with Gasteiger partial charge in [0.1, 0.15) is 6.07 Å². The molecule has 0 aliphatic carbocycles. The lowest BCUT2D eigenvalue weighted by atomic mass is 10.1. The maximum Gasteiger partial charge on any atom is 0.101 e. The molecule has 0 radical (unpaired) electrons. The van der Waals surface area contributed by atoms with Crippen LogP contribution in [0.15, 0.2) is 63.5 Å². The molecule has 0 saturated heterocycles. The second-order valence-electron chi connectivity index (χ2n) is 4.63. The average Bonchev–Trinajstić information content (AvgIpc) is 2.48. The number of rotatable bonds is 2. The number of halogens is 2. The molecule has 2 nitrogen and oxygen atoms in total. The van der Waals surface area contributed by atoms with Gasteiger partial charge in [-0.05, 0) is 53.2 Å². The molecular formula is C17H10Br2N2. The Labute approximate surface area is 139 Å². The van der Waals surface area contributed by atoms with Gasteiger partial charge in [0.2, 0.25) is 0 Å². The molecule has 0 aliphatic rings. The van der Waals surface area contributed by atoms with E-state index in [0.29, 0.717) is 5.56 Å². The Balaban J connectivity index is 2.00. The Hall–Kier alpha value is -1.83. The van der Waals surface area contributed by atoms with E-state index in [-0.39, 0.29) is 0 Å². The lowest BCUT2D eigenvalue weighted by Gasteiger charge is -2.10. The minimum atomic E-state index is 0.620. The normalized spacial score (nSPS) is 10.3. The third-order valence-corrected chi connectivity index (χ3v) is 4.17. The molecule has 0 unspecified atom stereocenters. The largest absolute Gasteiger partial charge is 0.354 e. The fraction of sp³-hybridized carbons (Fsp3) is 0.